The van der Waals surface area contributed by atoms with E-state index in [0.29, 0.717) is 25.9 Å². The van der Waals surface area contributed by atoms with Crippen LogP contribution in [0, 0.1) is 0 Å². The zero-order valence-electron chi connectivity index (χ0n) is 9.21. The van der Waals surface area contributed by atoms with Gasteiger partial charge in [-0.15, -0.1) is 0 Å². The van der Waals surface area contributed by atoms with Crippen LogP contribution < -0.4 is 5.73 Å². The second kappa shape index (κ2) is 5.01. The van der Waals surface area contributed by atoms with E-state index in [1.54, 1.807) is 6.07 Å². The maximum absolute atomic E-state index is 12.2. The lowest BCUT2D eigenvalue weighted by Crippen LogP contribution is -2.42. The van der Waals surface area contributed by atoms with Crippen LogP contribution in [0.25, 0.3) is 0 Å². The minimum Gasteiger partial charge on any atom is -0.328 e. The Balaban J connectivity index is 2.21. The number of nitrogens with zero attached hydrogens (tertiary/aromatic N) is 2. The Labute approximate surface area is 109 Å². The Morgan fingerprint density at radius 2 is 2.00 bits per heavy atom. The van der Waals surface area contributed by atoms with Crippen molar-refractivity contribution in [3.63, 3.8) is 0 Å². The van der Waals surface area contributed by atoms with Gasteiger partial charge in [-0.2, -0.15) is 4.31 Å². The molecular formula is C10H14BrN3O2S. The minimum atomic E-state index is -3.46. The molecule has 7 heteroatoms. The molecule has 0 saturated carbocycles. The Hall–Kier alpha value is -0.500. The highest BCUT2D eigenvalue weighted by molar-refractivity contribution is 9.10. The molecule has 0 radical (unpaired) electrons. The highest BCUT2D eigenvalue weighted by Crippen LogP contribution is 2.19. The Morgan fingerprint density at radius 1 is 1.35 bits per heavy atom. The van der Waals surface area contributed by atoms with Crippen LogP contribution in [0.4, 0.5) is 0 Å². The second-order valence-corrected chi connectivity index (χ2v) is 6.86. The van der Waals surface area contributed by atoms with E-state index in [4.69, 9.17) is 5.73 Å². The Morgan fingerprint density at radius 3 is 2.53 bits per heavy atom. The first-order valence-electron chi connectivity index (χ1n) is 5.37. The third kappa shape index (κ3) is 2.85. The van der Waals surface area contributed by atoms with Gasteiger partial charge in [0.2, 0.25) is 0 Å². The van der Waals surface area contributed by atoms with Crippen molar-refractivity contribution in [1.29, 1.82) is 0 Å². The lowest BCUT2D eigenvalue weighted by Gasteiger charge is -2.28. The van der Waals surface area contributed by atoms with E-state index in [0.717, 1.165) is 4.47 Å². The molecule has 1 aromatic rings. The molecule has 2 heterocycles. The van der Waals surface area contributed by atoms with Crippen LogP contribution in [-0.4, -0.2) is 36.8 Å². The predicted octanol–water partition coefficient (Wildman–Crippen LogP) is 0.956. The van der Waals surface area contributed by atoms with Crippen molar-refractivity contribution in [3.8, 4) is 0 Å². The number of hydrogen-bond acceptors (Lipinski definition) is 4. The summed E-state index contributed by atoms with van der Waals surface area (Å²) in [7, 11) is -3.46. The Bertz CT molecular complexity index is 481. The van der Waals surface area contributed by atoms with Crippen LogP contribution in [0.2, 0.25) is 0 Å². The lowest BCUT2D eigenvalue weighted by molar-refractivity contribution is 0.319. The van der Waals surface area contributed by atoms with Gasteiger partial charge in [0.15, 0.2) is 5.03 Å². The van der Waals surface area contributed by atoms with E-state index in [-0.39, 0.29) is 11.1 Å². The van der Waals surface area contributed by atoms with Crippen LogP contribution in [0.5, 0.6) is 0 Å². The summed E-state index contributed by atoms with van der Waals surface area (Å²) < 4.78 is 26.6. The van der Waals surface area contributed by atoms with Crippen molar-refractivity contribution >= 4 is 26.0 Å². The third-order valence-electron chi connectivity index (χ3n) is 2.80. The van der Waals surface area contributed by atoms with Gasteiger partial charge < -0.3 is 5.73 Å². The van der Waals surface area contributed by atoms with Crippen LogP contribution >= 0.6 is 15.9 Å². The SMILES string of the molecule is NC1CCN(S(=O)(=O)c2ccc(Br)cn2)CC1. The van der Waals surface area contributed by atoms with Crippen LogP contribution in [-0.2, 0) is 10.0 Å². The number of sulfonamides is 1. The maximum atomic E-state index is 12.2. The number of hydrogen-bond donors (Lipinski definition) is 1. The van der Waals surface area contributed by atoms with E-state index < -0.39 is 10.0 Å². The van der Waals surface area contributed by atoms with Crippen molar-refractivity contribution in [2.75, 3.05) is 13.1 Å². The largest absolute Gasteiger partial charge is 0.328 e. The van der Waals surface area contributed by atoms with Gasteiger partial charge in [-0.25, -0.2) is 13.4 Å². The van der Waals surface area contributed by atoms with E-state index in [9.17, 15) is 8.42 Å². The monoisotopic (exact) mass is 319 g/mol. The lowest BCUT2D eigenvalue weighted by atomic mass is 10.1. The first-order chi connectivity index (χ1) is 8.00. The minimum absolute atomic E-state index is 0.0937. The van der Waals surface area contributed by atoms with Gasteiger partial charge in [-0.05, 0) is 40.9 Å². The summed E-state index contributed by atoms with van der Waals surface area (Å²) in [6, 6.07) is 3.29. The number of halogens is 1. The molecule has 0 spiro atoms. The van der Waals surface area contributed by atoms with Crippen LogP contribution in [0.1, 0.15) is 12.8 Å². The molecule has 0 atom stereocenters. The van der Waals surface area contributed by atoms with E-state index >= 15 is 0 Å². The Kier molecular flexibility index (Phi) is 3.82. The molecule has 0 bridgehead atoms. The first-order valence-corrected chi connectivity index (χ1v) is 7.61. The van der Waals surface area contributed by atoms with Gasteiger partial charge in [0.1, 0.15) is 0 Å². The van der Waals surface area contributed by atoms with Gasteiger partial charge in [0.05, 0.1) is 0 Å². The third-order valence-corrected chi connectivity index (χ3v) is 5.09. The molecular weight excluding hydrogens is 306 g/mol. The second-order valence-electron chi connectivity index (χ2n) is 4.06. The van der Waals surface area contributed by atoms with Crippen LogP contribution in [0.3, 0.4) is 0 Å². The summed E-state index contributed by atoms with van der Waals surface area (Å²) in [6.07, 6.45) is 2.90. The summed E-state index contributed by atoms with van der Waals surface area (Å²) in [6.45, 7) is 0.947. The van der Waals surface area contributed by atoms with E-state index in [1.807, 2.05) is 0 Å². The fourth-order valence-corrected chi connectivity index (χ4v) is 3.38. The summed E-state index contributed by atoms with van der Waals surface area (Å²) in [4.78, 5) is 3.94. The molecule has 0 amide bonds. The van der Waals surface area contributed by atoms with Crippen LogP contribution in [0.15, 0.2) is 27.8 Å². The maximum Gasteiger partial charge on any atom is 0.260 e. The van der Waals surface area contributed by atoms with Gasteiger partial charge in [0, 0.05) is 29.8 Å². The molecule has 1 saturated heterocycles. The number of rotatable bonds is 2. The fraction of sp³-hybridized carbons (Fsp3) is 0.500. The quantitative estimate of drug-likeness (QED) is 0.880. The van der Waals surface area contributed by atoms with E-state index in [1.165, 1.54) is 16.6 Å². The molecule has 1 aliphatic rings. The normalized spacial score (nSPS) is 19.4. The number of nitrogens with two attached hydrogens (primary N) is 1. The molecule has 2 rings (SSSR count). The summed E-state index contributed by atoms with van der Waals surface area (Å²) in [5.41, 5.74) is 5.76. The predicted molar refractivity (Wildman–Crippen MR) is 67.9 cm³/mol. The van der Waals surface area contributed by atoms with Gasteiger partial charge in [0.25, 0.3) is 10.0 Å². The zero-order chi connectivity index (χ0) is 12.5. The molecule has 0 unspecified atom stereocenters. The topological polar surface area (TPSA) is 76.3 Å². The highest BCUT2D eigenvalue weighted by atomic mass is 79.9. The van der Waals surface area contributed by atoms with Crippen molar-refractivity contribution in [2.24, 2.45) is 5.73 Å². The molecule has 2 N–H and O–H groups in total. The van der Waals surface area contributed by atoms with E-state index in [2.05, 4.69) is 20.9 Å². The summed E-state index contributed by atoms with van der Waals surface area (Å²) >= 11 is 3.23. The summed E-state index contributed by atoms with van der Waals surface area (Å²) in [5, 5.41) is 0.0937. The van der Waals surface area contributed by atoms with Crippen molar-refractivity contribution in [2.45, 2.75) is 23.9 Å². The average Bonchev–Trinajstić information content (AvgIpc) is 2.30. The standard InChI is InChI=1S/C10H14BrN3O2S/c11-8-1-2-10(13-7-8)17(15,16)14-5-3-9(12)4-6-14/h1-2,7,9H,3-6,12H2. The first kappa shape index (κ1) is 12.9. The summed E-state index contributed by atoms with van der Waals surface area (Å²) in [5.74, 6) is 0. The zero-order valence-corrected chi connectivity index (χ0v) is 11.6. The number of aromatic nitrogens is 1. The molecule has 1 aliphatic heterocycles. The van der Waals surface area contributed by atoms with Crippen molar-refractivity contribution in [1.82, 2.24) is 9.29 Å². The highest BCUT2D eigenvalue weighted by Gasteiger charge is 2.28. The van der Waals surface area contributed by atoms with Crippen molar-refractivity contribution < 1.29 is 8.42 Å². The molecule has 5 nitrogen and oxygen atoms in total. The smallest absolute Gasteiger partial charge is 0.260 e. The van der Waals surface area contributed by atoms with Gasteiger partial charge in [-0.3, -0.25) is 0 Å². The average molecular weight is 320 g/mol. The molecule has 0 aromatic carbocycles. The fourth-order valence-electron chi connectivity index (χ4n) is 1.76. The molecule has 17 heavy (non-hydrogen) atoms. The van der Waals surface area contributed by atoms with Gasteiger partial charge >= 0.3 is 0 Å². The molecule has 1 aromatic heterocycles. The molecule has 1 fully saturated rings. The van der Waals surface area contributed by atoms with Gasteiger partial charge in [-0.1, -0.05) is 0 Å². The number of pyridine rings is 1. The molecule has 94 valence electrons. The molecule has 0 aliphatic carbocycles. The number of piperidine rings is 1. The van der Waals surface area contributed by atoms with Crippen molar-refractivity contribution in [3.05, 3.63) is 22.8 Å².